The second-order valence-corrected chi connectivity index (χ2v) is 4.76. The fourth-order valence-electron chi connectivity index (χ4n) is 1.66. The summed E-state index contributed by atoms with van der Waals surface area (Å²) < 4.78 is 10.7. The van der Waals surface area contributed by atoms with Crippen molar-refractivity contribution in [2.24, 2.45) is 5.92 Å². The molecule has 2 nitrogen and oxygen atoms in total. The quantitative estimate of drug-likeness (QED) is 0.520. The van der Waals surface area contributed by atoms with Gasteiger partial charge in [0.1, 0.15) is 0 Å². The molecule has 0 saturated heterocycles. The Balaban J connectivity index is 0.000001000. The summed E-state index contributed by atoms with van der Waals surface area (Å²) in [6.45, 7) is 1.90. The molecule has 0 aromatic heterocycles. The van der Waals surface area contributed by atoms with Gasteiger partial charge in [0.05, 0.1) is 0 Å². The zero-order valence-electron chi connectivity index (χ0n) is 6.34. The van der Waals surface area contributed by atoms with Gasteiger partial charge in [0, 0.05) is 5.66 Å². The summed E-state index contributed by atoms with van der Waals surface area (Å²) in [4.78, 5) is 8.83. The number of hydrogen-bond donors (Lipinski definition) is 1. The molecule has 0 bridgehead atoms. The van der Waals surface area contributed by atoms with Crippen LogP contribution in [0.2, 0.25) is 0 Å². The van der Waals surface area contributed by atoms with Gasteiger partial charge in [0.2, 0.25) is 0 Å². The lowest BCUT2D eigenvalue weighted by atomic mass is 10.1. The van der Waals surface area contributed by atoms with Gasteiger partial charge in [-0.3, -0.25) is 4.57 Å². The van der Waals surface area contributed by atoms with E-state index in [1.807, 2.05) is 6.92 Å². The lowest BCUT2D eigenvalue weighted by Crippen LogP contribution is -2.08. The molecule has 0 aromatic carbocycles. The van der Waals surface area contributed by atoms with Crippen molar-refractivity contribution in [2.45, 2.75) is 38.3 Å². The molecule has 2 unspecified atom stereocenters. The highest BCUT2D eigenvalue weighted by Gasteiger charge is 2.24. The largest absolute Gasteiger partial charge is 0.346 e. The van der Waals surface area contributed by atoms with Crippen molar-refractivity contribution < 1.29 is 9.46 Å². The van der Waals surface area contributed by atoms with Gasteiger partial charge in [-0.15, -0.1) is 0 Å². The molecule has 0 aromatic rings. The van der Waals surface area contributed by atoms with E-state index in [9.17, 15) is 4.57 Å². The molecule has 2 atom stereocenters. The van der Waals surface area contributed by atoms with Gasteiger partial charge in [0.25, 0.3) is 0 Å². The third kappa shape index (κ3) is 3.30. The minimum absolute atomic E-state index is 0. The predicted molar refractivity (Wildman–Crippen MR) is 52.6 cm³/mol. The molecule has 1 aliphatic rings. The Hall–Kier alpha value is 0.722. The molecule has 11 heavy (non-hydrogen) atoms. The van der Waals surface area contributed by atoms with E-state index >= 15 is 0 Å². The molecule has 0 radical (unpaired) electrons. The van der Waals surface area contributed by atoms with Crippen molar-refractivity contribution in [3.8, 4) is 0 Å². The van der Waals surface area contributed by atoms with Crippen LogP contribution < -0.4 is 0 Å². The molecule has 0 heterocycles. The summed E-state index contributed by atoms with van der Waals surface area (Å²) in [5.41, 5.74) is 0.0625. The van der Waals surface area contributed by atoms with Crippen molar-refractivity contribution in [1.29, 1.82) is 0 Å². The van der Waals surface area contributed by atoms with Gasteiger partial charge in [-0.2, -0.15) is 0 Å². The van der Waals surface area contributed by atoms with Crippen LogP contribution in [-0.2, 0) is 4.57 Å². The second-order valence-electron chi connectivity index (χ2n) is 3.17. The molecule has 1 fully saturated rings. The van der Waals surface area contributed by atoms with Crippen molar-refractivity contribution in [1.82, 2.24) is 0 Å². The first-order valence-corrected chi connectivity index (χ1v) is 5.38. The van der Waals surface area contributed by atoms with Crippen molar-refractivity contribution in [3.05, 3.63) is 0 Å². The molecule has 4 heteroatoms. The fraction of sp³-hybridized carbons (Fsp3) is 1.00. The lowest BCUT2D eigenvalue weighted by molar-refractivity contribution is 0.450. The van der Waals surface area contributed by atoms with Gasteiger partial charge >= 0.3 is 0 Å². The summed E-state index contributed by atoms with van der Waals surface area (Å²) in [5.74, 6) is 0.538. The predicted octanol–water partition coefficient (Wildman–Crippen LogP) is 0.848. The molecule has 0 spiro atoms. The minimum atomic E-state index is -2.25. The SMILES string of the molecule is CC(C1CCCC1)[PH](=O)O.[AlH3]. The monoisotopic (exact) mass is 192 g/mol. The normalized spacial score (nSPS) is 24.2. The maximum absolute atomic E-state index is 10.7. The van der Waals surface area contributed by atoms with Crippen LogP contribution >= 0.6 is 8.03 Å². The van der Waals surface area contributed by atoms with Crippen LogP contribution in [0.25, 0.3) is 0 Å². The first-order chi connectivity index (χ1) is 4.72. The standard InChI is InChI=1S/C7H15O2P.Al.3H/c1-6(10(8)9)7-4-2-3-5-7;;;;/h6-7,10H,2-5H2,1H3,(H,8,9);;;;. The van der Waals surface area contributed by atoms with Gasteiger partial charge in [-0.1, -0.05) is 19.8 Å². The van der Waals surface area contributed by atoms with E-state index in [0.29, 0.717) is 5.92 Å². The molecular weight excluding hydrogens is 174 g/mol. The van der Waals surface area contributed by atoms with E-state index in [-0.39, 0.29) is 23.0 Å². The molecule has 1 aliphatic carbocycles. The lowest BCUT2D eigenvalue weighted by Gasteiger charge is -2.14. The molecular formula is C7H18AlO2P. The topological polar surface area (TPSA) is 37.3 Å². The second kappa shape index (κ2) is 5.38. The zero-order valence-corrected chi connectivity index (χ0v) is 7.34. The van der Waals surface area contributed by atoms with Crippen LogP contribution in [0.3, 0.4) is 0 Å². The summed E-state index contributed by atoms with van der Waals surface area (Å²) in [7, 11) is -2.25. The molecule has 0 aliphatic heterocycles. The van der Waals surface area contributed by atoms with Gasteiger partial charge in [-0.25, -0.2) is 0 Å². The maximum atomic E-state index is 10.7. The Morgan fingerprint density at radius 2 is 1.91 bits per heavy atom. The van der Waals surface area contributed by atoms with Crippen LogP contribution in [0.4, 0.5) is 0 Å². The van der Waals surface area contributed by atoms with Crippen LogP contribution in [-0.4, -0.2) is 27.9 Å². The summed E-state index contributed by atoms with van der Waals surface area (Å²) in [6, 6.07) is 0. The molecule has 0 amide bonds. The molecule has 1 N–H and O–H groups in total. The average molecular weight is 192 g/mol. The van der Waals surface area contributed by atoms with Crippen LogP contribution in [0, 0.1) is 5.92 Å². The summed E-state index contributed by atoms with van der Waals surface area (Å²) in [5, 5.41) is 0. The first kappa shape index (κ1) is 11.7. The highest BCUT2D eigenvalue weighted by Crippen LogP contribution is 2.38. The van der Waals surface area contributed by atoms with E-state index in [1.165, 1.54) is 12.8 Å². The van der Waals surface area contributed by atoms with E-state index in [2.05, 4.69) is 0 Å². The van der Waals surface area contributed by atoms with Gasteiger partial charge in [-0.05, 0) is 18.8 Å². The van der Waals surface area contributed by atoms with Gasteiger partial charge in [0.15, 0.2) is 25.4 Å². The Morgan fingerprint density at radius 1 is 1.45 bits per heavy atom. The van der Waals surface area contributed by atoms with Gasteiger partial charge < -0.3 is 4.89 Å². The number of rotatable bonds is 2. The van der Waals surface area contributed by atoms with E-state index in [0.717, 1.165) is 12.8 Å². The molecule has 1 saturated carbocycles. The molecule has 66 valence electrons. The fourth-order valence-corrected chi connectivity index (χ4v) is 2.40. The molecule has 1 rings (SSSR count). The smallest absolute Gasteiger partial charge is 0.192 e. The Bertz CT molecular complexity index is 134. The minimum Gasteiger partial charge on any atom is -0.346 e. The third-order valence-electron chi connectivity index (χ3n) is 2.50. The summed E-state index contributed by atoms with van der Waals surface area (Å²) in [6.07, 6.45) is 4.84. The highest BCUT2D eigenvalue weighted by atomic mass is 31.1. The maximum Gasteiger partial charge on any atom is 0.192 e. The zero-order chi connectivity index (χ0) is 7.56. The highest BCUT2D eigenvalue weighted by molar-refractivity contribution is 7.38. The van der Waals surface area contributed by atoms with Crippen molar-refractivity contribution in [2.75, 3.05) is 0 Å². The average Bonchev–Trinajstić information content (AvgIpc) is 2.36. The Morgan fingerprint density at radius 3 is 2.27 bits per heavy atom. The van der Waals surface area contributed by atoms with Crippen LogP contribution in [0.1, 0.15) is 32.6 Å². The first-order valence-electron chi connectivity index (χ1n) is 3.94. The van der Waals surface area contributed by atoms with E-state index in [1.54, 1.807) is 0 Å². The number of hydrogen-bond acceptors (Lipinski definition) is 1. The van der Waals surface area contributed by atoms with Crippen LogP contribution in [0.5, 0.6) is 0 Å². The van der Waals surface area contributed by atoms with Crippen molar-refractivity contribution in [3.63, 3.8) is 0 Å². The summed E-state index contributed by atoms with van der Waals surface area (Å²) >= 11 is 0. The van der Waals surface area contributed by atoms with Crippen molar-refractivity contribution >= 4 is 25.4 Å². The van der Waals surface area contributed by atoms with E-state index < -0.39 is 8.03 Å². The van der Waals surface area contributed by atoms with E-state index in [4.69, 9.17) is 4.89 Å². The van der Waals surface area contributed by atoms with Crippen LogP contribution in [0.15, 0.2) is 0 Å². The Labute approximate surface area is 79.4 Å². The third-order valence-corrected chi connectivity index (χ3v) is 3.75. The Kier molecular flexibility index (Phi) is 5.74.